The number of hydrogen-bond acceptors (Lipinski definition) is 4. The highest BCUT2D eigenvalue weighted by Crippen LogP contribution is 2.40. The summed E-state index contributed by atoms with van der Waals surface area (Å²) in [5, 5.41) is 10.2. The van der Waals surface area contributed by atoms with Gasteiger partial charge in [0.05, 0.1) is 16.1 Å². The third-order valence-electron chi connectivity index (χ3n) is 3.65. The molecule has 3 aromatic rings. The van der Waals surface area contributed by atoms with Crippen molar-refractivity contribution < 1.29 is 0 Å². The lowest BCUT2D eigenvalue weighted by Crippen LogP contribution is -2.11. The molecular weight excluding hydrogens is 373 g/mol. The highest BCUT2D eigenvalue weighted by Gasteiger charge is 2.24. The number of rotatable bonds is 3. The first-order valence-electron chi connectivity index (χ1n) is 6.80. The second kappa shape index (κ2) is 6.36. The third-order valence-corrected chi connectivity index (χ3v) is 4.69. The number of benzene rings is 1. The Kier molecular flexibility index (Phi) is 4.41. The van der Waals surface area contributed by atoms with Crippen molar-refractivity contribution in [3.05, 3.63) is 54.9 Å². The number of nitrogens with one attached hydrogen (secondary N) is 2. The van der Waals surface area contributed by atoms with Gasteiger partial charge >= 0.3 is 0 Å². The lowest BCUT2D eigenvalue weighted by Gasteiger charge is -2.16. The molecule has 0 aliphatic heterocycles. The Morgan fingerprint density at radius 3 is 2.75 bits per heavy atom. The SMILES string of the molecule is N#CCC(c1cc(Cl)cc(Cl)c1Cl)c1c[nH]c2c(=O)[nH]c(N)nc12. The van der Waals surface area contributed by atoms with Crippen LogP contribution >= 0.6 is 34.8 Å². The maximum atomic E-state index is 12.0. The van der Waals surface area contributed by atoms with E-state index >= 15 is 0 Å². The minimum atomic E-state index is -0.471. The van der Waals surface area contributed by atoms with Gasteiger partial charge in [0.1, 0.15) is 11.0 Å². The van der Waals surface area contributed by atoms with E-state index in [0.29, 0.717) is 26.7 Å². The van der Waals surface area contributed by atoms with Crippen molar-refractivity contribution in [2.24, 2.45) is 0 Å². The van der Waals surface area contributed by atoms with Crippen LogP contribution in [0, 0.1) is 11.3 Å². The molecule has 0 aliphatic carbocycles. The second-order valence-corrected chi connectivity index (χ2v) is 6.35. The summed E-state index contributed by atoms with van der Waals surface area (Å²) in [6.07, 6.45) is 1.71. The summed E-state index contributed by atoms with van der Waals surface area (Å²) in [5.41, 5.74) is 7.08. The van der Waals surface area contributed by atoms with Crippen molar-refractivity contribution in [3.63, 3.8) is 0 Å². The van der Waals surface area contributed by atoms with Crippen molar-refractivity contribution in [1.29, 1.82) is 5.26 Å². The maximum absolute atomic E-state index is 12.0. The lowest BCUT2D eigenvalue weighted by atomic mass is 9.90. The fourth-order valence-corrected chi connectivity index (χ4v) is 3.38. The molecule has 0 saturated carbocycles. The zero-order chi connectivity index (χ0) is 17.4. The Balaban J connectivity index is 2.28. The average molecular weight is 383 g/mol. The molecule has 0 fully saturated rings. The van der Waals surface area contributed by atoms with Gasteiger partial charge in [-0.3, -0.25) is 9.78 Å². The van der Waals surface area contributed by atoms with Crippen LogP contribution in [0.5, 0.6) is 0 Å². The highest BCUT2D eigenvalue weighted by atomic mass is 35.5. The van der Waals surface area contributed by atoms with Crippen molar-refractivity contribution >= 4 is 51.8 Å². The Hall–Kier alpha value is -2.20. The molecule has 3 rings (SSSR count). The molecular formula is C15H10Cl3N5O. The van der Waals surface area contributed by atoms with Crippen molar-refractivity contribution in [3.8, 4) is 6.07 Å². The van der Waals surface area contributed by atoms with Gasteiger partial charge in [-0.05, 0) is 17.7 Å². The van der Waals surface area contributed by atoms with Crippen LogP contribution < -0.4 is 11.3 Å². The molecule has 4 N–H and O–H groups in total. The minimum absolute atomic E-state index is 0.0146. The number of nitriles is 1. The first-order valence-corrected chi connectivity index (χ1v) is 7.94. The molecule has 0 radical (unpaired) electrons. The number of aromatic amines is 2. The summed E-state index contributed by atoms with van der Waals surface area (Å²) in [7, 11) is 0. The maximum Gasteiger partial charge on any atom is 0.276 e. The van der Waals surface area contributed by atoms with E-state index in [1.165, 1.54) is 6.07 Å². The van der Waals surface area contributed by atoms with Gasteiger partial charge < -0.3 is 10.7 Å². The number of H-pyrrole nitrogens is 2. The summed E-state index contributed by atoms with van der Waals surface area (Å²) < 4.78 is 0. The van der Waals surface area contributed by atoms with Crippen molar-refractivity contribution in [2.45, 2.75) is 12.3 Å². The number of nitrogen functional groups attached to an aromatic ring is 1. The molecule has 1 aromatic carbocycles. The van der Waals surface area contributed by atoms with Gasteiger partial charge in [-0.2, -0.15) is 5.26 Å². The van der Waals surface area contributed by atoms with Crippen molar-refractivity contribution in [1.82, 2.24) is 15.0 Å². The number of anilines is 1. The Bertz CT molecular complexity index is 1030. The summed E-state index contributed by atoms with van der Waals surface area (Å²) >= 11 is 18.5. The smallest absolute Gasteiger partial charge is 0.276 e. The molecule has 122 valence electrons. The molecule has 1 unspecified atom stereocenters. The predicted molar refractivity (Wildman–Crippen MR) is 94.7 cm³/mol. The monoisotopic (exact) mass is 381 g/mol. The second-order valence-electron chi connectivity index (χ2n) is 5.12. The molecule has 1 atom stereocenters. The van der Waals surface area contributed by atoms with Gasteiger partial charge in [0.25, 0.3) is 5.56 Å². The number of halogens is 3. The predicted octanol–water partition coefficient (Wildman–Crippen LogP) is 3.84. The van der Waals surface area contributed by atoms with E-state index in [0.717, 1.165) is 0 Å². The fraction of sp³-hybridized carbons (Fsp3) is 0.133. The molecule has 9 heteroatoms. The van der Waals surface area contributed by atoms with E-state index in [2.05, 4.69) is 21.0 Å². The van der Waals surface area contributed by atoms with E-state index in [1.54, 1.807) is 12.3 Å². The number of hydrogen-bond donors (Lipinski definition) is 3. The summed E-state index contributed by atoms with van der Waals surface area (Å²) in [4.78, 5) is 21.4. The van der Waals surface area contributed by atoms with E-state index in [1.807, 2.05) is 0 Å². The van der Waals surface area contributed by atoms with Crippen LogP contribution in [0.15, 0.2) is 23.1 Å². The molecule has 0 bridgehead atoms. The van der Waals surface area contributed by atoms with E-state index in [-0.39, 0.29) is 22.9 Å². The zero-order valence-electron chi connectivity index (χ0n) is 12.0. The third kappa shape index (κ3) is 2.82. The average Bonchev–Trinajstić information content (AvgIpc) is 2.92. The molecule has 0 spiro atoms. The fourth-order valence-electron chi connectivity index (χ4n) is 2.63. The van der Waals surface area contributed by atoms with Gasteiger partial charge in [-0.15, -0.1) is 0 Å². The minimum Gasteiger partial charge on any atom is -0.369 e. The topological polar surface area (TPSA) is 111 Å². The van der Waals surface area contributed by atoms with Crippen LogP contribution in [0.3, 0.4) is 0 Å². The number of nitrogens with zero attached hydrogens (tertiary/aromatic N) is 2. The molecule has 2 aromatic heterocycles. The Labute approximate surface area is 151 Å². The van der Waals surface area contributed by atoms with Gasteiger partial charge in [-0.1, -0.05) is 34.8 Å². The van der Waals surface area contributed by atoms with Crippen LogP contribution in [-0.4, -0.2) is 15.0 Å². The van der Waals surface area contributed by atoms with Gasteiger partial charge in [0.15, 0.2) is 0 Å². The van der Waals surface area contributed by atoms with Gasteiger partial charge in [0, 0.05) is 29.1 Å². The number of aromatic nitrogens is 3. The van der Waals surface area contributed by atoms with Crippen LogP contribution in [0.25, 0.3) is 11.0 Å². The number of nitrogens with two attached hydrogens (primary N) is 1. The van der Waals surface area contributed by atoms with E-state index in [9.17, 15) is 10.1 Å². The molecule has 24 heavy (non-hydrogen) atoms. The molecule has 0 aliphatic rings. The van der Waals surface area contributed by atoms with Crippen LogP contribution in [0.1, 0.15) is 23.5 Å². The van der Waals surface area contributed by atoms with E-state index < -0.39 is 11.5 Å². The molecule has 2 heterocycles. The summed E-state index contributed by atoms with van der Waals surface area (Å²) in [5.74, 6) is -0.486. The normalized spacial score (nSPS) is 12.2. The number of fused-ring (bicyclic) bond motifs is 1. The molecule has 6 nitrogen and oxygen atoms in total. The van der Waals surface area contributed by atoms with Crippen LogP contribution in [-0.2, 0) is 0 Å². The highest BCUT2D eigenvalue weighted by molar-refractivity contribution is 6.43. The Morgan fingerprint density at radius 1 is 1.29 bits per heavy atom. The van der Waals surface area contributed by atoms with Crippen LogP contribution in [0.2, 0.25) is 15.1 Å². The van der Waals surface area contributed by atoms with E-state index in [4.69, 9.17) is 40.5 Å². The quantitative estimate of drug-likeness (QED) is 0.597. The molecule has 0 amide bonds. The first kappa shape index (κ1) is 16.7. The standard InChI is InChI=1S/C15H10Cl3N5O/c16-6-3-8(11(18)10(17)4-6)7(1-2-19)9-5-21-13-12(9)22-15(20)23-14(13)24/h3-5,7,21H,1H2,(H3,20,22,23,24). The summed E-state index contributed by atoms with van der Waals surface area (Å²) in [6.45, 7) is 0. The van der Waals surface area contributed by atoms with Gasteiger partial charge in [0.2, 0.25) is 5.95 Å². The summed E-state index contributed by atoms with van der Waals surface area (Å²) in [6, 6.07) is 5.28. The van der Waals surface area contributed by atoms with Gasteiger partial charge in [-0.25, -0.2) is 4.98 Å². The van der Waals surface area contributed by atoms with Crippen molar-refractivity contribution in [2.75, 3.05) is 5.73 Å². The Morgan fingerprint density at radius 2 is 2.04 bits per heavy atom. The largest absolute Gasteiger partial charge is 0.369 e. The lowest BCUT2D eigenvalue weighted by molar-refractivity contribution is 0.843. The first-order chi connectivity index (χ1) is 11.4. The molecule has 0 saturated heterocycles. The van der Waals surface area contributed by atoms with Crippen LogP contribution in [0.4, 0.5) is 5.95 Å². The zero-order valence-corrected chi connectivity index (χ0v) is 14.3.